The summed E-state index contributed by atoms with van der Waals surface area (Å²) in [5.41, 5.74) is 0.168. The van der Waals surface area contributed by atoms with E-state index in [9.17, 15) is 9.90 Å². The Hall–Kier alpha value is -1.11. The van der Waals surface area contributed by atoms with E-state index in [-0.39, 0.29) is 30.3 Å². The summed E-state index contributed by atoms with van der Waals surface area (Å²) in [4.78, 5) is 16.8. The molecule has 0 aromatic carbocycles. The summed E-state index contributed by atoms with van der Waals surface area (Å²) in [6.45, 7) is 9.47. The van der Waals surface area contributed by atoms with Gasteiger partial charge < -0.3 is 19.4 Å². The highest BCUT2D eigenvalue weighted by molar-refractivity contribution is 5.92. The summed E-state index contributed by atoms with van der Waals surface area (Å²) in [7, 11) is 0. The average molecular weight is 344 g/mol. The fourth-order valence-electron chi connectivity index (χ4n) is 3.87. The minimum Gasteiger partial charge on any atom is -0.396 e. The highest BCUT2D eigenvalue weighted by Crippen LogP contribution is 2.42. The minimum absolute atomic E-state index is 0. The van der Waals surface area contributed by atoms with E-state index in [4.69, 9.17) is 4.52 Å². The Balaban J connectivity index is 0.00000192. The highest BCUT2D eigenvalue weighted by Gasteiger charge is 2.51. The molecule has 1 aromatic rings. The summed E-state index contributed by atoms with van der Waals surface area (Å²) < 4.78 is 5.01. The Morgan fingerprint density at radius 2 is 2.26 bits per heavy atom. The molecule has 1 amide bonds. The number of piperidine rings is 1. The fraction of sp³-hybridized carbons (Fsp3) is 0.750. The van der Waals surface area contributed by atoms with Crippen molar-refractivity contribution in [2.24, 2.45) is 11.3 Å². The van der Waals surface area contributed by atoms with E-state index in [0.717, 1.165) is 19.5 Å². The maximum absolute atomic E-state index is 12.6. The topological polar surface area (TPSA) is 69.8 Å². The summed E-state index contributed by atoms with van der Waals surface area (Å²) in [5.74, 6) is 0.919. The number of amides is 1. The first-order chi connectivity index (χ1) is 10.4. The normalized spacial score (nSPS) is 27.9. The van der Waals surface area contributed by atoms with Gasteiger partial charge in [0.25, 0.3) is 5.91 Å². The number of hydrogen-bond acceptors (Lipinski definition) is 5. The second kappa shape index (κ2) is 6.79. The average Bonchev–Trinajstić information content (AvgIpc) is 3.09. The number of carbonyl (C=O) groups is 1. The Labute approximate surface area is 143 Å². The maximum atomic E-state index is 12.6. The third-order valence-corrected chi connectivity index (χ3v) is 5.27. The lowest BCUT2D eigenvalue weighted by Gasteiger charge is -2.44. The number of rotatable bonds is 3. The molecule has 3 heterocycles. The number of nitrogens with zero attached hydrogens (tertiary/aromatic N) is 3. The molecule has 6 nitrogen and oxygen atoms in total. The van der Waals surface area contributed by atoms with Crippen molar-refractivity contribution in [2.75, 3.05) is 32.8 Å². The van der Waals surface area contributed by atoms with Crippen LogP contribution in [0.5, 0.6) is 0 Å². The SMILES string of the molecule is Cc1cc(C(=O)N2C[C@H]3CCN(C(C)C)C[C@@]3(CO)C2)no1.Cl. The molecule has 2 atom stereocenters. The zero-order valence-corrected chi connectivity index (χ0v) is 14.8. The molecule has 0 saturated carbocycles. The maximum Gasteiger partial charge on any atom is 0.276 e. The van der Waals surface area contributed by atoms with Gasteiger partial charge in [-0.15, -0.1) is 12.4 Å². The van der Waals surface area contributed by atoms with Gasteiger partial charge >= 0.3 is 0 Å². The highest BCUT2D eigenvalue weighted by atomic mass is 35.5. The van der Waals surface area contributed by atoms with Crippen molar-refractivity contribution in [1.29, 1.82) is 0 Å². The van der Waals surface area contributed by atoms with Crippen molar-refractivity contribution in [3.05, 3.63) is 17.5 Å². The van der Waals surface area contributed by atoms with Crippen LogP contribution in [0, 0.1) is 18.3 Å². The number of fused-ring (bicyclic) bond motifs is 1. The van der Waals surface area contributed by atoms with E-state index in [1.807, 2.05) is 4.90 Å². The molecule has 2 aliphatic rings. The Morgan fingerprint density at radius 1 is 1.52 bits per heavy atom. The standard InChI is InChI=1S/C16H25N3O3.ClH/c1-11(2)18-5-4-13-7-19(9-16(13,8-18)10-20)15(21)14-6-12(3)22-17-14;/h6,11,13,20H,4-5,7-10H2,1-3H3;1H/t13-,16+;/m1./s1. The predicted octanol–water partition coefficient (Wildman–Crippen LogP) is 1.57. The van der Waals surface area contributed by atoms with Crippen LogP contribution >= 0.6 is 12.4 Å². The molecule has 2 fully saturated rings. The van der Waals surface area contributed by atoms with E-state index in [2.05, 4.69) is 23.9 Å². The lowest BCUT2D eigenvalue weighted by atomic mass is 9.73. The van der Waals surface area contributed by atoms with Gasteiger partial charge in [0.1, 0.15) is 5.76 Å². The largest absolute Gasteiger partial charge is 0.396 e. The van der Waals surface area contributed by atoms with Gasteiger partial charge in [-0.2, -0.15) is 0 Å². The smallest absolute Gasteiger partial charge is 0.276 e. The monoisotopic (exact) mass is 343 g/mol. The molecule has 0 aliphatic carbocycles. The lowest BCUT2D eigenvalue weighted by molar-refractivity contribution is -0.00105. The summed E-state index contributed by atoms with van der Waals surface area (Å²) in [6.07, 6.45) is 1.03. The molecule has 0 unspecified atom stereocenters. The molecule has 0 bridgehead atoms. The van der Waals surface area contributed by atoms with Crippen molar-refractivity contribution in [2.45, 2.75) is 33.2 Å². The second-order valence-electron chi connectivity index (χ2n) is 7.08. The number of aryl methyl sites for hydroxylation is 1. The molecule has 130 valence electrons. The number of carbonyl (C=O) groups excluding carboxylic acids is 1. The molecule has 7 heteroatoms. The van der Waals surface area contributed by atoms with Crippen molar-refractivity contribution in [3.8, 4) is 0 Å². The van der Waals surface area contributed by atoms with Gasteiger partial charge in [0.05, 0.1) is 6.61 Å². The van der Waals surface area contributed by atoms with Crippen molar-refractivity contribution in [1.82, 2.24) is 15.0 Å². The minimum atomic E-state index is -0.197. The van der Waals surface area contributed by atoms with Crippen LogP contribution in [0.15, 0.2) is 10.6 Å². The van der Waals surface area contributed by atoms with E-state index in [1.165, 1.54) is 0 Å². The molecular weight excluding hydrogens is 318 g/mol. The van der Waals surface area contributed by atoms with Gasteiger partial charge in [-0.25, -0.2) is 0 Å². The summed E-state index contributed by atoms with van der Waals surface area (Å²) >= 11 is 0. The first-order valence-corrected chi connectivity index (χ1v) is 8.03. The first kappa shape index (κ1) is 18.2. The quantitative estimate of drug-likeness (QED) is 0.902. The third kappa shape index (κ3) is 3.25. The van der Waals surface area contributed by atoms with Crippen LogP contribution in [-0.2, 0) is 0 Å². The molecular formula is C16H26ClN3O3. The van der Waals surface area contributed by atoms with Crippen molar-refractivity contribution >= 4 is 18.3 Å². The van der Waals surface area contributed by atoms with E-state index >= 15 is 0 Å². The third-order valence-electron chi connectivity index (χ3n) is 5.27. The van der Waals surface area contributed by atoms with Crippen LogP contribution in [0.2, 0.25) is 0 Å². The zero-order valence-electron chi connectivity index (χ0n) is 14.0. The number of hydrogen-bond donors (Lipinski definition) is 1. The van der Waals surface area contributed by atoms with E-state index in [0.29, 0.717) is 36.5 Å². The van der Waals surface area contributed by atoms with Crippen LogP contribution in [0.25, 0.3) is 0 Å². The second-order valence-corrected chi connectivity index (χ2v) is 7.08. The van der Waals surface area contributed by atoms with E-state index < -0.39 is 0 Å². The zero-order chi connectivity index (χ0) is 15.9. The number of likely N-dealkylation sites (tertiary alicyclic amines) is 2. The van der Waals surface area contributed by atoms with Crippen LogP contribution in [0.3, 0.4) is 0 Å². The number of aromatic nitrogens is 1. The molecule has 0 radical (unpaired) electrons. The fourth-order valence-corrected chi connectivity index (χ4v) is 3.87. The van der Waals surface area contributed by atoms with Crippen LogP contribution < -0.4 is 0 Å². The molecule has 1 N–H and O–H groups in total. The molecule has 2 aliphatic heterocycles. The number of halogens is 1. The van der Waals surface area contributed by atoms with Gasteiger partial charge in [-0.3, -0.25) is 4.79 Å². The van der Waals surface area contributed by atoms with Crippen molar-refractivity contribution in [3.63, 3.8) is 0 Å². The lowest BCUT2D eigenvalue weighted by Crippen LogP contribution is -2.52. The Kier molecular flexibility index (Phi) is 5.38. The molecule has 1 aromatic heterocycles. The number of aliphatic hydroxyl groups excluding tert-OH is 1. The molecule has 23 heavy (non-hydrogen) atoms. The van der Waals surface area contributed by atoms with Gasteiger partial charge in [-0.1, -0.05) is 5.16 Å². The van der Waals surface area contributed by atoms with Crippen molar-refractivity contribution < 1.29 is 14.4 Å². The first-order valence-electron chi connectivity index (χ1n) is 8.03. The summed E-state index contributed by atoms with van der Waals surface area (Å²) in [6, 6.07) is 2.14. The summed E-state index contributed by atoms with van der Waals surface area (Å²) in [5, 5.41) is 13.9. The van der Waals surface area contributed by atoms with Gasteiger partial charge in [-0.05, 0) is 39.7 Å². The van der Waals surface area contributed by atoms with E-state index in [1.54, 1.807) is 13.0 Å². The Morgan fingerprint density at radius 3 is 2.83 bits per heavy atom. The van der Waals surface area contributed by atoms with Gasteiger partial charge in [0, 0.05) is 37.2 Å². The van der Waals surface area contributed by atoms with Gasteiger partial charge in [0.15, 0.2) is 5.69 Å². The van der Waals surface area contributed by atoms with Crippen LogP contribution in [0.1, 0.15) is 36.5 Å². The van der Waals surface area contributed by atoms with Gasteiger partial charge in [0.2, 0.25) is 0 Å². The Bertz CT molecular complexity index is 563. The van der Waals surface area contributed by atoms with Crippen LogP contribution in [-0.4, -0.2) is 64.8 Å². The predicted molar refractivity (Wildman–Crippen MR) is 88.7 cm³/mol. The molecule has 2 saturated heterocycles. The molecule has 3 rings (SSSR count). The van der Waals surface area contributed by atoms with Crippen LogP contribution in [0.4, 0.5) is 0 Å². The molecule has 0 spiro atoms. The number of aliphatic hydroxyl groups is 1.